The van der Waals surface area contributed by atoms with Gasteiger partial charge >= 0.3 is 13.5 Å². The molecule has 0 fully saturated rings. The number of allylic oxidation sites excluding steroid dienone is 3. The molecule has 3 rings (SSSR count). The number of alkyl halides is 3. The molecule has 2 aromatic carbocycles. The SMILES string of the molecule is C=C1CC[C@@H](Oc2ccc(B(O)O)cc2)C/C=C\C=C1Oc1cccc(OC(F)(F)F)c1. The predicted octanol–water partition coefficient (Wildman–Crippen LogP) is 4.27. The highest BCUT2D eigenvalue weighted by Gasteiger charge is 2.31. The van der Waals surface area contributed by atoms with Crippen molar-refractivity contribution in [1.29, 1.82) is 0 Å². The van der Waals surface area contributed by atoms with Gasteiger partial charge in [0, 0.05) is 12.5 Å². The Kier molecular flexibility index (Phi) is 7.66. The lowest BCUT2D eigenvalue weighted by Crippen LogP contribution is -2.29. The molecule has 0 saturated carbocycles. The highest BCUT2D eigenvalue weighted by molar-refractivity contribution is 6.58. The van der Waals surface area contributed by atoms with E-state index < -0.39 is 13.5 Å². The van der Waals surface area contributed by atoms with Gasteiger partial charge in [-0.05, 0) is 54.2 Å². The van der Waals surface area contributed by atoms with Crippen molar-refractivity contribution in [2.24, 2.45) is 0 Å². The molecule has 2 aromatic rings. The van der Waals surface area contributed by atoms with E-state index >= 15 is 0 Å². The zero-order valence-electron chi connectivity index (χ0n) is 17.1. The summed E-state index contributed by atoms with van der Waals surface area (Å²) < 4.78 is 53.1. The standard InChI is InChI=1S/C23H22BF3O5/c1-16-9-12-18(30-19-13-10-17(11-14-19)24(28)29)5-2-3-8-22(16)31-20-6-4-7-21(15-20)32-23(25,26)27/h2-4,6-8,10-11,13-15,18,28-29H,1,5,9,12H2/b3-2-,22-8?/t18-/m0/s1. The maximum absolute atomic E-state index is 12.5. The van der Waals surface area contributed by atoms with Crippen LogP contribution in [-0.4, -0.2) is 29.6 Å². The van der Waals surface area contributed by atoms with Crippen molar-refractivity contribution in [3.05, 3.63) is 84.7 Å². The Morgan fingerprint density at radius 2 is 1.72 bits per heavy atom. The summed E-state index contributed by atoms with van der Waals surface area (Å²) in [5, 5.41) is 18.4. The molecule has 5 nitrogen and oxygen atoms in total. The predicted molar refractivity (Wildman–Crippen MR) is 115 cm³/mol. The molecule has 0 heterocycles. The van der Waals surface area contributed by atoms with Crippen LogP contribution in [0, 0.1) is 0 Å². The molecular weight excluding hydrogens is 424 g/mol. The first kappa shape index (κ1) is 23.5. The summed E-state index contributed by atoms with van der Waals surface area (Å²) in [6.45, 7) is 4.04. The Labute approximate surface area is 184 Å². The zero-order chi connectivity index (χ0) is 23.1. The highest BCUT2D eigenvalue weighted by atomic mass is 19.4. The third-order valence-electron chi connectivity index (χ3n) is 4.65. The fourth-order valence-corrected chi connectivity index (χ4v) is 3.07. The largest absolute Gasteiger partial charge is 0.573 e. The summed E-state index contributed by atoms with van der Waals surface area (Å²) in [6.07, 6.45) is 2.26. The minimum atomic E-state index is -4.78. The van der Waals surface area contributed by atoms with Crippen molar-refractivity contribution in [2.75, 3.05) is 0 Å². The van der Waals surface area contributed by atoms with Gasteiger partial charge in [0.05, 0.1) is 0 Å². The second-order valence-corrected chi connectivity index (χ2v) is 7.14. The normalized spacial score (nSPS) is 18.0. The first-order valence-electron chi connectivity index (χ1n) is 9.91. The maximum atomic E-state index is 12.5. The van der Waals surface area contributed by atoms with Crippen LogP contribution in [0.3, 0.4) is 0 Å². The Morgan fingerprint density at radius 3 is 2.41 bits per heavy atom. The second kappa shape index (κ2) is 10.4. The molecule has 0 spiro atoms. The molecule has 0 aromatic heterocycles. The molecule has 0 unspecified atom stereocenters. The molecule has 0 radical (unpaired) electrons. The highest BCUT2D eigenvalue weighted by Crippen LogP contribution is 2.29. The van der Waals surface area contributed by atoms with E-state index in [4.69, 9.17) is 9.47 Å². The van der Waals surface area contributed by atoms with Crippen molar-refractivity contribution in [1.82, 2.24) is 0 Å². The topological polar surface area (TPSA) is 68.2 Å². The van der Waals surface area contributed by atoms with Crippen LogP contribution in [0.4, 0.5) is 13.2 Å². The zero-order valence-corrected chi connectivity index (χ0v) is 17.1. The van der Waals surface area contributed by atoms with Crippen LogP contribution < -0.4 is 19.7 Å². The molecule has 0 aliphatic heterocycles. The van der Waals surface area contributed by atoms with Crippen molar-refractivity contribution >= 4 is 12.6 Å². The van der Waals surface area contributed by atoms with Gasteiger partial charge in [-0.2, -0.15) is 0 Å². The molecule has 1 aliphatic carbocycles. The lowest BCUT2D eigenvalue weighted by molar-refractivity contribution is -0.274. The van der Waals surface area contributed by atoms with Crippen molar-refractivity contribution < 1.29 is 37.4 Å². The molecule has 168 valence electrons. The maximum Gasteiger partial charge on any atom is 0.573 e. The van der Waals surface area contributed by atoms with Gasteiger partial charge in [-0.25, -0.2) is 0 Å². The monoisotopic (exact) mass is 446 g/mol. The summed E-state index contributed by atoms with van der Waals surface area (Å²) >= 11 is 0. The molecule has 0 bridgehead atoms. The Morgan fingerprint density at radius 1 is 1.00 bits per heavy atom. The molecule has 1 atom stereocenters. The minimum absolute atomic E-state index is 0.149. The quantitative estimate of drug-likeness (QED) is 0.649. The van der Waals surface area contributed by atoms with Gasteiger partial charge in [0.15, 0.2) is 0 Å². The van der Waals surface area contributed by atoms with E-state index in [1.807, 2.05) is 6.08 Å². The molecule has 9 heteroatoms. The summed E-state index contributed by atoms with van der Waals surface area (Å²) in [7, 11) is -1.54. The number of halogens is 3. The number of hydrogen-bond acceptors (Lipinski definition) is 5. The fraction of sp³-hybridized carbons (Fsp3) is 0.217. The van der Waals surface area contributed by atoms with E-state index in [9.17, 15) is 23.2 Å². The van der Waals surface area contributed by atoms with Crippen LogP contribution in [0.25, 0.3) is 0 Å². The molecule has 0 saturated heterocycles. The van der Waals surface area contributed by atoms with Crippen LogP contribution in [0.2, 0.25) is 0 Å². The minimum Gasteiger partial charge on any atom is -0.490 e. The van der Waals surface area contributed by atoms with Crippen molar-refractivity contribution in [2.45, 2.75) is 31.7 Å². The number of benzene rings is 2. The lowest BCUT2D eigenvalue weighted by Gasteiger charge is -2.19. The summed E-state index contributed by atoms with van der Waals surface area (Å²) in [6, 6.07) is 11.8. The molecule has 0 amide bonds. The smallest absolute Gasteiger partial charge is 0.490 e. The van der Waals surface area contributed by atoms with Crippen molar-refractivity contribution in [3.63, 3.8) is 0 Å². The van der Waals surface area contributed by atoms with Crippen LogP contribution in [0.1, 0.15) is 19.3 Å². The summed E-state index contributed by atoms with van der Waals surface area (Å²) in [4.78, 5) is 0. The van der Waals surface area contributed by atoms with E-state index in [2.05, 4.69) is 11.3 Å². The second-order valence-electron chi connectivity index (χ2n) is 7.14. The van der Waals surface area contributed by atoms with E-state index in [0.29, 0.717) is 41.8 Å². The Balaban J connectivity index is 1.62. The Bertz CT molecular complexity index is 984. The number of ether oxygens (including phenoxy) is 3. The van der Waals surface area contributed by atoms with Crippen LogP contribution >= 0.6 is 0 Å². The molecule has 1 aliphatic rings. The molecule has 32 heavy (non-hydrogen) atoms. The van der Waals surface area contributed by atoms with Crippen LogP contribution in [-0.2, 0) is 0 Å². The van der Waals surface area contributed by atoms with Gasteiger partial charge in [-0.1, -0.05) is 36.9 Å². The average Bonchev–Trinajstić information content (AvgIpc) is 2.80. The van der Waals surface area contributed by atoms with E-state index in [-0.39, 0.29) is 17.6 Å². The summed E-state index contributed by atoms with van der Waals surface area (Å²) in [5.74, 6) is 0.870. The van der Waals surface area contributed by atoms with E-state index in [0.717, 1.165) is 6.07 Å². The third-order valence-corrected chi connectivity index (χ3v) is 4.65. The van der Waals surface area contributed by atoms with Gasteiger partial charge in [-0.3, -0.25) is 0 Å². The van der Waals surface area contributed by atoms with E-state index in [1.165, 1.54) is 18.2 Å². The average molecular weight is 446 g/mol. The van der Waals surface area contributed by atoms with Crippen LogP contribution in [0.5, 0.6) is 17.2 Å². The van der Waals surface area contributed by atoms with Gasteiger partial charge in [0.1, 0.15) is 29.1 Å². The van der Waals surface area contributed by atoms with Crippen LogP contribution in [0.15, 0.2) is 84.7 Å². The Hall–Kier alpha value is -3.17. The first-order valence-corrected chi connectivity index (χ1v) is 9.91. The first-order chi connectivity index (χ1) is 15.2. The lowest BCUT2D eigenvalue weighted by atomic mass is 9.80. The number of rotatable bonds is 6. The number of hydrogen-bond donors (Lipinski definition) is 2. The van der Waals surface area contributed by atoms with Gasteiger partial charge in [0.2, 0.25) is 0 Å². The van der Waals surface area contributed by atoms with E-state index in [1.54, 1.807) is 36.4 Å². The van der Waals surface area contributed by atoms with Gasteiger partial charge in [0.25, 0.3) is 0 Å². The van der Waals surface area contributed by atoms with Gasteiger partial charge in [-0.15, -0.1) is 13.2 Å². The fourth-order valence-electron chi connectivity index (χ4n) is 3.07. The third kappa shape index (κ3) is 7.21. The van der Waals surface area contributed by atoms with Gasteiger partial charge < -0.3 is 24.3 Å². The molecule has 2 N–H and O–H groups in total. The summed E-state index contributed by atoms with van der Waals surface area (Å²) in [5.41, 5.74) is 1.04. The molecular formula is C23H22BF3O5. The van der Waals surface area contributed by atoms with Crippen molar-refractivity contribution in [3.8, 4) is 17.2 Å².